The van der Waals surface area contributed by atoms with Crippen molar-refractivity contribution in [3.05, 3.63) is 0 Å². The maximum absolute atomic E-state index is 10.4. The van der Waals surface area contributed by atoms with Gasteiger partial charge in [0.2, 0.25) is 0 Å². The molecule has 2 rings (SSSR count). The summed E-state index contributed by atoms with van der Waals surface area (Å²) in [4.78, 5) is 0. The Bertz CT molecular complexity index is 308. The van der Waals surface area contributed by atoms with E-state index in [1.165, 1.54) is 19.3 Å². The summed E-state index contributed by atoms with van der Waals surface area (Å²) in [7, 11) is 0. The molecule has 2 aliphatic rings. The molecule has 2 nitrogen and oxygen atoms in total. The molecule has 0 aromatic heterocycles. The highest BCUT2D eigenvalue weighted by Gasteiger charge is 2.61. The molecular weight excluding hydrogens is 222 g/mol. The number of rotatable bonds is 5. The lowest BCUT2D eigenvalue weighted by Crippen LogP contribution is -2.50. The van der Waals surface area contributed by atoms with E-state index < -0.39 is 5.60 Å². The predicted octanol–water partition coefficient (Wildman–Crippen LogP) is 3.34. The summed E-state index contributed by atoms with van der Waals surface area (Å²) in [5, 5.41) is 14.1. The summed E-state index contributed by atoms with van der Waals surface area (Å²) >= 11 is 0. The minimum Gasteiger partial charge on any atom is -0.389 e. The van der Waals surface area contributed by atoms with Gasteiger partial charge >= 0.3 is 0 Å². The molecule has 18 heavy (non-hydrogen) atoms. The van der Waals surface area contributed by atoms with Crippen molar-refractivity contribution in [1.29, 1.82) is 0 Å². The zero-order valence-corrected chi connectivity index (χ0v) is 12.8. The van der Waals surface area contributed by atoms with E-state index in [9.17, 15) is 5.11 Å². The second kappa shape index (κ2) is 4.49. The van der Waals surface area contributed by atoms with E-state index in [1.54, 1.807) is 0 Å². The Hall–Kier alpha value is -0.0800. The molecule has 3 atom stereocenters. The number of aliphatic hydroxyl groups is 1. The first-order valence-electron chi connectivity index (χ1n) is 7.75. The van der Waals surface area contributed by atoms with E-state index in [0.717, 1.165) is 25.3 Å². The quantitative estimate of drug-likeness (QED) is 0.787. The molecule has 2 aliphatic carbocycles. The number of nitrogens with one attached hydrogen (secondary N) is 1. The van der Waals surface area contributed by atoms with Crippen LogP contribution in [0.3, 0.4) is 0 Å². The minimum absolute atomic E-state index is 0.417. The molecule has 0 amide bonds. The number of hydrogen-bond donors (Lipinski definition) is 2. The van der Waals surface area contributed by atoms with Gasteiger partial charge < -0.3 is 10.4 Å². The first-order valence-corrected chi connectivity index (χ1v) is 7.75. The normalized spacial score (nSPS) is 38.3. The summed E-state index contributed by atoms with van der Waals surface area (Å²) < 4.78 is 0. The van der Waals surface area contributed by atoms with Crippen LogP contribution in [-0.2, 0) is 0 Å². The van der Waals surface area contributed by atoms with Crippen LogP contribution in [-0.4, -0.2) is 23.3 Å². The van der Waals surface area contributed by atoms with Crippen molar-refractivity contribution in [2.45, 2.75) is 78.4 Å². The van der Waals surface area contributed by atoms with Crippen LogP contribution >= 0.6 is 0 Å². The number of hydrogen-bond acceptors (Lipinski definition) is 2. The van der Waals surface area contributed by atoms with Crippen LogP contribution < -0.4 is 5.32 Å². The first-order chi connectivity index (χ1) is 8.29. The Morgan fingerprint density at radius 1 is 1.22 bits per heavy atom. The molecule has 106 valence electrons. The molecule has 2 saturated carbocycles. The average Bonchev–Trinajstić information content (AvgIpc) is 2.68. The van der Waals surface area contributed by atoms with Crippen molar-refractivity contribution in [2.75, 3.05) is 6.54 Å². The highest BCUT2D eigenvalue weighted by atomic mass is 16.3. The lowest BCUT2D eigenvalue weighted by atomic mass is 9.69. The highest BCUT2D eigenvalue weighted by Crippen LogP contribution is 2.65. The first kappa shape index (κ1) is 14.3. The van der Waals surface area contributed by atoms with Gasteiger partial charge in [0, 0.05) is 12.6 Å². The standard InChI is InChI=1S/C16H31NO/c1-6-16(18,7-2)11-17-13-10-12-8-9-15(13,5)14(12,3)4/h12-13,17-18H,6-11H2,1-5H3. The molecule has 0 heterocycles. The van der Waals surface area contributed by atoms with E-state index in [2.05, 4.69) is 39.9 Å². The van der Waals surface area contributed by atoms with Crippen molar-refractivity contribution in [3.63, 3.8) is 0 Å². The van der Waals surface area contributed by atoms with Crippen molar-refractivity contribution < 1.29 is 5.11 Å². The van der Waals surface area contributed by atoms with Gasteiger partial charge in [0.05, 0.1) is 5.60 Å². The van der Waals surface area contributed by atoms with Crippen LogP contribution in [0.15, 0.2) is 0 Å². The molecule has 0 spiro atoms. The molecule has 0 saturated heterocycles. The second-order valence-corrected chi connectivity index (χ2v) is 7.48. The van der Waals surface area contributed by atoms with Gasteiger partial charge in [0.15, 0.2) is 0 Å². The van der Waals surface area contributed by atoms with Crippen molar-refractivity contribution in [3.8, 4) is 0 Å². The van der Waals surface area contributed by atoms with Crippen LogP contribution in [0.5, 0.6) is 0 Å². The van der Waals surface area contributed by atoms with Gasteiger partial charge in [-0.05, 0) is 48.9 Å². The molecule has 0 aromatic rings. The van der Waals surface area contributed by atoms with Crippen molar-refractivity contribution in [2.24, 2.45) is 16.7 Å². The minimum atomic E-state index is -0.512. The van der Waals surface area contributed by atoms with Crippen LogP contribution in [0.2, 0.25) is 0 Å². The predicted molar refractivity (Wildman–Crippen MR) is 76.6 cm³/mol. The monoisotopic (exact) mass is 253 g/mol. The van der Waals surface area contributed by atoms with Crippen LogP contribution in [0.25, 0.3) is 0 Å². The SMILES string of the molecule is CCC(O)(CC)CNC1CC2CCC1(C)C2(C)C. The summed E-state index contributed by atoms with van der Waals surface area (Å²) in [5.74, 6) is 0.872. The average molecular weight is 253 g/mol. The zero-order valence-electron chi connectivity index (χ0n) is 12.8. The number of fused-ring (bicyclic) bond motifs is 2. The maximum Gasteiger partial charge on any atom is 0.0766 e. The van der Waals surface area contributed by atoms with Crippen molar-refractivity contribution in [1.82, 2.24) is 5.32 Å². The summed E-state index contributed by atoms with van der Waals surface area (Å²) in [6, 6.07) is 0.593. The molecular formula is C16H31NO. The van der Waals surface area contributed by atoms with Gasteiger partial charge in [-0.25, -0.2) is 0 Å². The second-order valence-electron chi connectivity index (χ2n) is 7.48. The Morgan fingerprint density at radius 2 is 1.83 bits per heavy atom. The lowest BCUT2D eigenvalue weighted by molar-refractivity contribution is 0.0209. The fourth-order valence-corrected chi connectivity index (χ4v) is 4.33. The molecule has 2 bridgehead atoms. The fraction of sp³-hybridized carbons (Fsp3) is 1.00. The lowest BCUT2D eigenvalue weighted by Gasteiger charge is -2.41. The highest BCUT2D eigenvalue weighted by molar-refractivity contribution is 5.13. The van der Waals surface area contributed by atoms with Gasteiger partial charge in [-0.1, -0.05) is 34.6 Å². The summed E-state index contributed by atoms with van der Waals surface area (Å²) in [6.45, 7) is 12.3. The molecule has 2 N–H and O–H groups in total. The topological polar surface area (TPSA) is 32.3 Å². The van der Waals surface area contributed by atoms with E-state index in [4.69, 9.17) is 0 Å². The van der Waals surface area contributed by atoms with Crippen molar-refractivity contribution >= 4 is 0 Å². The largest absolute Gasteiger partial charge is 0.389 e. The summed E-state index contributed by atoms with van der Waals surface area (Å²) in [5.41, 5.74) is 0.365. The van der Waals surface area contributed by atoms with E-state index in [1.807, 2.05) is 0 Å². The Balaban J connectivity index is 2.01. The smallest absolute Gasteiger partial charge is 0.0766 e. The van der Waals surface area contributed by atoms with Crippen LogP contribution in [0.1, 0.15) is 66.7 Å². The van der Waals surface area contributed by atoms with Gasteiger partial charge in [0.25, 0.3) is 0 Å². The molecule has 0 radical (unpaired) electrons. The van der Waals surface area contributed by atoms with Gasteiger partial charge in [0.1, 0.15) is 0 Å². The van der Waals surface area contributed by atoms with E-state index in [0.29, 0.717) is 16.9 Å². The molecule has 3 unspecified atom stereocenters. The third-order valence-corrected chi connectivity index (χ3v) is 6.79. The Morgan fingerprint density at radius 3 is 2.22 bits per heavy atom. The Kier molecular flexibility index (Phi) is 3.57. The fourth-order valence-electron chi connectivity index (χ4n) is 4.33. The third kappa shape index (κ3) is 1.92. The molecule has 2 heteroatoms. The van der Waals surface area contributed by atoms with Crippen LogP contribution in [0, 0.1) is 16.7 Å². The van der Waals surface area contributed by atoms with Gasteiger partial charge in [-0.3, -0.25) is 0 Å². The zero-order chi connectivity index (χ0) is 13.6. The molecule has 2 fully saturated rings. The van der Waals surface area contributed by atoms with Gasteiger partial charge in [-0.2, -0.15) is 0 Å². The van der Waals surface area contributed by atoms with Crippen LogP contribution in [0.4, 0.5) is 0 Å². The third-order valence-electron chi connectivity index (χ3n) is 6.79. The summed E-state index contributed by atoms with van der Waals surface area (Å²) in [6.07, 6.45) is 5.72. The van der Waals surface area contributed by atoms with E-state index in [-0.39, 0.29) is 0 Å². The Labute approximate surface area is 113 Å². The molecule has 0 aromatic carbocycles. The maximum atomic E-state index is 10.4. The van der Waals surface area contributed by atoms with Gasteiger partial charge in [-0.15, -0.1) is 0 Å². The van der Waals surface area contributed by atoms with E-state index >= 15 is 0 Å². The molecule has 0 aliphatic heterocycles.